The van der Waals surface area contributed by atoms with Crippen LogP contribution in [0.5, 0.6) is 0 Å². The second-order valence-electron chi connectivity index (χ2n) is 8.80. The first kappa shape index (κ1) is 17.6. The lowest BCUT2D eigenvalue weighted by molar-refractivity contribution is -0.122. The smallest absolute Gasteiger partial charge is 0.238 e. The van der Waals surface area contributed by atoms with Crippen LogP contribution in [0.15, 0.2) is 66.7 Å². The third kappa shape index (κ3) is 2.15. The van der Waals surface area contributed by atoms with Gasteiger partial charge in [-0.3, -0.25) is 9.59 Å². The molecule has 0 saturated carbocycles. The van der Waals surface area contributed by atoms with Crippen molar-refractivity contribution in [3.05, 3.63) is 100 Å². The van der Waals surface area contributed by atoms with E-state index in [1.54, 1.807) is 0 Å². The first-order valence-electron chi connectivity index (χ1n) is 10.8. The van der Waals surface area contributed by atoms with Crippen molar-refractivity contribution < 1.29 is 9.59 Å². The number of nitrogens with zero attached hydrogens (tertiary/aromatic N) is 1. The fraction of sp³-hybridized carbons (Fsp3) is 0.259. The molecular formula is C27H23NO2. The summed E-state index contributed by atoms with van der Waals surface area (Å²) in [5, 5.41) is 0. The van der Waals surface area contributed by atoms with E-state index in [-0.39, 0.29) is 35.5 Å². The molecule has 3 aliphatic carbocycles. The fourth-order valence-corrected chi connectivity index (χ4v) is 6.02. The van der Waals surface area contributed by atoms with Crippen molar-refractivity contribution >= 4 is 17.5 Å². The van der Waals surface area contributed by atoms with Gasteiger partial charge in [-0.05, 0) is 58.9 Å². The van der Waals surface area contributed by atoms with Gasteiger partial charge < -0.3 is 0 Å². The Labute approximate surface area is 176 Å². The lowest BCUT2D eigenvalue weighted by Gasteiger charge is -2.46. The zero-order valence-electron chi connectivity index (χ0n) is 17.1. The highest BCUT2D eigenvalue weighted by Crippen LogP contribution is 2.61. The summed E-state index contributed by atoms with van der Waals surface area (Å²) in [4.78, 5) is 28.9. The van der Waals surface area contributed by atoms with Gasteiger partial charge in [0.1, 0.15) is 0 Å². The van der Waals surface area contributed by atoms with Crippen molar-refractivity contribution in [3.8, 4) is 0 Å². The number of hydrogen-bond donors (Lipinski definition) is 0. The minimum Gasteiger partial charge on any atom is -0.274 e. The van der Waals surface area contributed by atoms with Gasteiger partial charge in [-0.15, -0.1) is 0 Å². The minimum atomic E-state index is -0.322. The Morgan fingerprint density at radius 2 is 1.37 bits per heavy atom. The molecule has 3 aromatic rings. The second kappa shape index (κ2) is 6.15. The van der Waals surface area contributed by atoms with E-state index < -0.39 is 0 Å². The summed E-state index contributed by atoms with van der Waals surface area (Å²) in [7, 11) is 0. The van der Waals surface area contributed by atoms with Gasteiger partial charge in [0.05, 0.1) is 17.5 Å². The molecule has 4 atom stereocenters. The molecule has 30 heavy (non-hydrogen) atoms. The number of benzene rings is 3. The first-order valence-corrected chi connectivity index (χ1v) is 10.8. The van der Waals surface area contributed by atoms with Gasteiger partial charge in [0.25, 0.3) is 0 Å². The van der Waals surface area contributed by atoms with Gasteiger partial charge in [-0.25, -0.2) is 4.90 Å². The number of aryl methyl sites for hydroxylation is 2. The lowest BCUT2D eigenvalue weighted by atomic mass is 9.55. The molecule has 1 fully saturated rings. The number of anilines is 1. The van der Waals surface area contributed by atoms with E-state index in [1.165, 1.54) is 32.7 Å². The normalized spacial score (nSPS) is 25.9. The molecule has 0 aromatic heterocycles. The molecule has 1 heterocycles. The highest BCUT2D eigenvalue weighted by atomic mass is 16.2. The summed E-state index contributed by atoms with van der Waals surface area (Å²) in [5.41, 5.74) is 7.93. The summed E-state index contributed by atoms with van der Waals surface area (Å²) in [6, 6.07) is 22.8. The summed E-state index contributed by atoms with van der Waals surface area (Å²) in [6.45, 7) is 4.15. The molecule has 4 aliphatic rings. The van der Waals surface area contributed by atoms with Gasteiger partial charge in [-0.2, -0.15) is 0 Å². The molecule has 1 saturated heterocycles. The largest absolute Gasteiger partial charge is 0.274 e. The molecule has 2 amide bonds. The van der Waals surface area contributed by atoms with Crippen molar-refractivity contribution in [1.82, 2.24) is 0 Å². The molecule has 0 radical (unpaired) electrons. The van der Waals surface area contributed by atoms with Crippen LogP contribution in [0.2, 0.25) is 0 Å². The lowest BCUT2D eigenvalue weighted by Crippen LogP contribution is -2.41. The number of carbonyl (C=O) groups excluding carboxylic acids is 2. The Balaban J connectivity index is 1.57. The molecule has 1 aliphatic heterocycles. The monoisotopic (exact) mass is 393 g/mol. The van der Waals surface area contributed by atoms with Crippen molar-refractivity contribution in [3.63, 3.8) is 0 Å². The Hall–Kier alpha value is -3.20. The van der Waals surface area contributed by atoms with Crippen LogP contribution in [0, 0.1) is 18.8 Å². The highest BCUT2D eigenvalue weighted by Gasteiger charge is 2.61. The van der Waals surface area contributed by atoms with Crippen molar-refractivity contribution in [2.75, 3.05) is 4.90 Å². The molecule has 0 N–H and O–H groups in total. The highest BCUT2D eigenvalue weighted by molar-refractivity contribution is 6.23. The summed E-state index contributed by atoms with van der Waals surface area (Å²) in [5.74, 6) is -0.847. The number of rotatable bonds is 2. The first-order chi connectivity index (χ1) is 14.6. The van der Waals surface area contributed by atoms with Gasteiger partial charge in [0.15, 0.2) is 0 Å². The van der Waals surface area contributed by atoms with E-state index >= 15 is 0 Å². The molecule has 7 rings (SSSR count). The fourth-order valence-electron chi connectivity index (χ4n) is 6.02. The number of hydrogen-bond acceptors (Lipinski definition) is 2. The summed E-state index contributed by atoms with van der Waals surface area (Å²) < 4.78 is 0. The minimum absolute atomic E-state index is 0.0485. The predicted molar refractivity (Wildman–Crippen MR) is 117 cm³/mol. The maximum atomic E-state index is 13.7. The van der Waals surface area contributed by atoms with E-state index in [2.05, 4.69) is 43.3 Å². The Bertz CT molecular complexity index is 1230. The van der Waals surface area contributed by atoms with Crippen molar-refractivity contribution in [2.24, 2.45) is 11.8 Å². The quantitative estimate of drug-likeness (QED) is 0.578. The van der Waals surface area contributed by atoms with Gasteiger partial charge in [0, 0.05) is 11.8 Å². The predicted octanol–water partition coefficient (Wildman–Crippen LogP) is 4.95. The maximum Gasteiger partial charge on any atom is 0.238 e. The maximum absolute atomic E-state index is 13.7. The van der Waals surface area contributed by atoms with E-state index in [0.29, 0.717) is 5.69 Å². The van der Waals surface area contributed by atoms with Crippen LogP contribution in [0.25, 0.3) is 0 Å². The van der Waals surface area contributed by atoms with Crippen LogP contribution in [0.4, 0.5) is 5.69 Å². The zero-order valence-corrected chi connectivity index (χ0v) is 17.1. The third-order valence-electron chi connectivity index (χ3n) is 7.27. The molecule has 4 unspecified atom stereocenters. The van der Waals surface area contributed by atoms with Crippen LogP contribution in [-0.4, -0.2) is 11.8 Å². The standard InChI is InChI=1S/C27H23NO2/c1-3-16-11-12-20-21(14-16)23-19-10-5-4-9-18(19)22(20)24-25(23)27(30)28(26(24)29)17-8-6-7-15(2)13-17/h4-14,22-25H,3H2,1-2H3. The van der Waals surface area contributed by atoms with Gasteiger partial charge in [0.2, 0.25) is 11.8 Å². The van der Waals surface area contributed by atoms with Crippen molar-refractivity contribution in [1.29, 1.82) is 0 Å². The van der Waals surface area contributed by atoms with E-state index in [4.69, 9.17) is 0 Å². The average Bonchev–Trinajstić information content (AvgIpc) is 3.04. The van der Waals surface area contributed by atoms with Crippen molar-refractivity contribution in [2.45, 2.75) is 32.1 Å². The van der Waals surface area contributed by atoms with E-state index in [9.17, 15) is 9.59 Å². The van der Waals surface area contributed by atoms with E-state index in [1.807, 2.05) is 37.3 Å². The molecule has 2 bridgehead atoms. The van der Waals surface area contributed by atoms with Crippen LogP contribution in [-0.2, 0) is 16.0 Å². The SMILES string of the molecule is CCc1ccc2c(c1)C1c3ccccc3C2C2C(=O)N(c3cccc(C)c3)C(=O)C12. The van der Waals surface area contributed by atoms with Gasteiger partial charge >= 0.3 is 0 Å². The number of carbonyl (C=O) groups is 2. The van der Waals surface area contributed by atoms with Crippen LogP contribution in [0.3, 0.4) is 0 Å². The van der Waals surface area contributed by atoms with E-state index in [0.717, 1.165) is 12.0 Å². The third-order valence-corrected chi connectivity index (χ3v) is 7.27. The van der Waals surface area contributed by atoms with Gasteiger partial charge in [-0.1, -0.05) is 61.5 Å². The molecule has 3 nitrogen and oxygen atoms in total. The van der Waals surface area contributed by atoms with Crippen LogP contribution in [0.1, 0.15) is 52.1 Å². The Kier molecular flexibility index (Phi) is 3.62. The zero-order chi connectivity index (χ0) is 20.6. The molecule has 148 valence electrons. The average molecular weight is 393 g/mol. The molecule has 3 aromatic carbocycles. The topological polar surface area (TPSA) is 37.4 Å². The Morgan fingerprint density at radius 1 is 0.733 bits per heavy atom. The van der Waals surface area contributed by atoms with Crippen LogP contribution >= 0.6 is 0 Å². The number of imide groups is 1. The number of amides is 2. The second-order valence-corrected chi connectivity index (χ2v) is 8.80. The molecule has 3 heteroatoms. The Morgan fingerprint density at radius 3 is 2.00 bits per heavy atom. The molecular weight excluding hydrogens is 370 g/mol. The molecule has 0 spiro atoms. The summed E-state index contributed by atoms with van der Waals surface area (Å²) in [6.07, 6.45) is 0.961. The van der Waals surface area contributed by atoms with Crippen LogP contribution < -0.4 is 4.90 Å². The summed E-state index contributed by atoms with van der Waals surface area (Å²) >= 11 is 0.